The monoisotopic (exact) mass is 240 g/mol. The zero-order valence-corrected chi connectivity index (χ0v) is 9.55. The van der Waals surface area contributed by atoms with E-state index >= 15 is 0 Å². The summed E-state index contributed by atoms with van der Waals surface area (Å²) in [6.45, 7) is 0. The van der Waals surface area contributed by atoms with E-state index in [2.05, 4.69) is 10.4 Å². The minimum atomic E-state index is -0.305. The number of rotatable bonds is 1. The summed E-state index contributed by atoms with van der Waals surface area (Å²) in [7, 11) is 0. The molecule has 4 N–H and O–H groups in total. The van der Waals surface area contributed by atoms with Crippen molar-refractivity contribution in [3.8, 4) is 11.1 Å². The predicted octanol–water partition coefficient (Wildman–Crippen LogP) is 1.02. The van der Waals surface area contributed by atoms with E-state index in [1.54, 1.807) is 6.07 Å². The number of hydrogen-bond acceptors (Lipinski definition) is 4. The Labute approximate surface area is 104 Å². The van der Waals surface area contributed by atoms with E-state index in [4.69, 9.17) is 5.73 Å². The summed E-state index contributed by atoms with van der Waals surface area (Å²) in [5, 5.41) is 17.9. The third-order valence-corrected chi connectivity index (χ3v) is 2.84. The molecule has 1 heterocycles. The van der Waals surface area contributed by atoms with Crippen molar-refractivity contribution in [1.29, 1.82) is 0 Å². The summed E-state index contributed by atoms with van der Waals surface area (Å²) in [4.78, 5) is 0. The van der Waals surface area contributed by atoms with Crippen LogP contribution in [0.2, 0.25) is 0 Å². The van der Waals surface area contributed by atoms with Crippen LogP contribution in [-0.4, -0.2) is 5.96 Å². The van der Waals surface area contributed by atoms with Crippen LogP contribution in [0.15, 0.2) is 53.6 Å². The standard InChI is InChI=1S/C13H12N4O/c14-13-15-11-8-10(9-4-2-1-3-5-9)6-7-12(11)17(18)16-13/h1-8,17H,(H3,14,15,16). The van der Waals surface area contributed by atoms with Gasteiger partial charge in [-0.3, -0.25) is 0 Å². The van der Waals surface area contributed by atoms with Crippen LogP contribution in [0.5, 0.6) is 0 Å². The number of nitrogens with one attached hydrogen (secondary N) is 2. The molecule has 0 aliphatic carbocycles. The fourth-order valence-corrected chi connectivity index (χ4v) is 1.98. The van der Waals surface area contributed by atoms with E-state index in [1.807, 2.05) is 42.5 Å². The van der Waals surface area contributed by atoms with E-state index < -0.39 is 0 Å². The lowest BCUT2D eigenvalue weighted by atomic mass is 10.0. The molecule has 3 rings (SSSR count). The Morgan fingerprint density at radius 1 is 1.06 bits per heavy atom. The normalized spacial score (nSPS) is 17.6. The second-order valence-corrected chi connectivity index (χ2v) is 4.05. The molecule has 1 aliphatic rings. The molecule has 1 unspecified atom stereocenters. The number of benzene rings is 2. The molecule has 5 nitrogen and oxygen atoms in total. The lowest BCUT2D eigenvalue weighted by Gasteiger charge is -2.23. The van der Waals surface area contributed by atoms with E-state index in [9.17, 15) is 5.21 Å². The van der Waals surface area contributed by atoms with Gasteiger partial charge in [-0.1, -0.05) is 30.3 Å². The molecular weight excluding hydrogens is 228 g/mol. The van der Waals surface area contributed by atoms with Crippen molar-refractivity contribution in [3.05, 3.63) is 53.7 Å². The molecule has 2 aromatic rings. The summed E-state index contributed by atoms with van der Waals surface area (Å²) in [5.74, 6) is 0.137. The lowest BCUT2D eigenvalue weighted by molar-refractivity contribution is -0.783. The van der Waals surface area contributed by atoms with Crippen LogP contribution < -0.4 is 16.2 Å². The Kier molecular flexibility index (Phi) is 2.47. The zero-order chi connectivity index (χ0) is 12.5. The van der Waals surface area contributed by atoms with Crippen molar-refractivity contribution >= 4 is 17.3 Å². The van der Waals surface area contributed by atoms with Gasteiger partial charge >= 0.3 is 0 Å². The second kappa shape index (κ2) is 4.14. The van der Waals surface area contributed by atoms with Gasteiger partial charge in [0.2, 0.25) is 0 Å². The van der Waals surface area contributed by atoms with Gasteiger partial charge in [0.15, 0.2) is 5.69 Å². The van der Waals surface area contributed by atoms with Crippen molar-refractivity contribution in [3.63, 3.8) is 0 Å². The molecule has 0 aromatic heterocycles. The molecule has 0 bridgehead atoms. The molecule has 0 amide bonds. The third-order valence-electron chi connectivity index (χ3n) is 2.84. The Balaban J connectivity index is 2.06. The molecule has 2 aromatic carbocycles. The van der Waals surface area contributed by atoms with Crippen molar-refractivity contribution in [2.75, 3.05) is 5.32 Å². The van der Waals surface area contributed by atoms with Gasteiger partial charge in [-0.15, -0.1) is 0 Å². The third kappa shape index (κ3) is 1.81. The second-order valence-electron chi connectivity index (χ2n) is 4.05. The van der Waals surface area contributed by atoms with Crippen LogP contribution in [0.3, 0.4) is 0 Å². The first-order valence-corrected chi connectivity index (χ1v) is 5.59. The van der Waals surface area contributed by atoms with Crippen molar-refractivity contribution in [2.45, 2.75) is 0 Å². The minimum absolute atomic E-state index is 0.137. The highest BCUT2D eigenvalue weighted by molar-refractivity contribution is 5.96. The van der Waals surface area contributed by atoms with Crippen LogP contribution in [0.25, 0.3) is 11.1 Å². The van der Waals surface area contributed by atoms with Gasteiger partial charge in [0.1, 0.15) is 5.69 Å². The minimum Gasteiger partial charge on any atom is -0.601 e. The summed E-state index contributed by atoms with van der Waals surface area (Å²) in [6.07, 6.45) is 0. The topological polar surface area (TPSA) is 77.9 Å². The van der Waals surface area contributed by atoms with Gasteiger partial charge in [-0.05, 0) is 28.4 Å². The van der Waals surface area contributed by atoms with E-state index in [0.29, 0.717) is 11.4 Å². The van der Waals surface area contributed by atoms with Crippen LogP contribution in [-0.2, 0) is 0 Å². The van der Waals surface area contributed by atoms with Gasteiger partial charge in [-0.2, -0.15) is 0 Å². The SMILES string of the molecule is NC1=N[NH+]([O-])c2ccc(-c3ccccc3)cc2N1. The van der Waals surface area contributed by atoms with Gasteiger partial charge in [-0.25, -0.2) is 5.17 Å². The molecule has 18 heavy (non-hydrogen) atoms. The van der Waals surface area contributed by atoms with Crippen molar-refractivity contribution < 1.29 is 5.17 Å². The number of fused-ring (bicyclic) bond motifs is 1. The molecule has 1 atom stereocenters. The van der Waals surface area contributed by atoms with E-state index in [0.717, 1.165) is 11.1 Å². The largest absolute Gasteiger partial charge is 0.601 e. The van der Waals surface area contributed by atoms with Crippen LogP contribution in [0.1, 0.15) is 0 Å². The highest BCUT2D eigenvalue weighted by Crippen LogP contribution is 2.27. The summed E-state index contributed by atoms with van der Waals surface area (Å²) in [6, 6.07) is 15.5. The molecule has 90 valence electrons. The molecule has 0 saturated carbocycles. The number of nitrogens with zero attached hydrogens (tertiary/aromatic N) is 1. The average molecular weight is 240 g/mol. The first kappa shape index (κ1) is 10.8. The Hall–Kier alpha value is -2.37. The van der Waals surface area contributed by atoms with Gasteiger partial charge < -0.3 is 16.3 Å². The fourth-order valence-electron chi connectivity index (χ4n) is 1.98. The maximum absolute atomic E-state index is 11.6. The molecule has 5 heteroatoms. The lowest BCUT2D eigenvalue weighted by Crippen LogP contribution is -2.98. The van der Waals surface area contributed by atoms with Crippen molar-refractivity contribution in [2.24, 2.45) is 10.8 Å². The van der Waals surface area contributed by atoms with E-state index in [-0.39, 0.29) is 11.1 Å². The fraction of sp³-hybridized carbons (Fsp3) is 0. The molecule has 0 fully saturated rings. The average Bonchev–Trinajstić information content (AvgIpc) is 2.39. The number of guanidine groups is 1. The van der Waals surface area contributed by atoms with Gasteiger partial charge in [0, 0.05) is 6.07 Å². The number of quaternary nitrogens is 1. The highest BCUT2D eigenvalue weighted by Gasteiger charge is 2.17. The number of nitrogens with two attached hydrogens (primary N) is 1. The van der Waals surface area contributed by atoms with Crippen LogP contribution in [0.4, 0.5) is 11.4 Å². The Bertz CT molecular complexity index is 610. The molecule has 0 saturated heterocycles. The number of anilines is 1. The Morgan fingerprint density at radius 2 is 1.83 bits per heavy atom. The quantitative estimate of drug-likeness (QED) is 0.651. The molecule has 0 radical (unpaired) electrons. The molecular formula is C13H12N4O. The zero-order valence-electron chi connectivity index (χ0n) is 9.55. The highest BCUT2D eigenvalue weighted by atomic mass is 16.5. The van der Waals surface area contributed by atoms with Crippen LogP contribution in [0, 0.1) is 5.21 Å². The molecule has 0 spiro atoms. The van der Waals surface area contributed by atoms with Crippen molar-refractivity contribution in [1.82, 2.24) is 0 Å². The predicted molar refractivity (Wildman–Crippen MR) is 71.1 cm³/mol. The summed E-state index contributed by atoms with van der Waals surface area (Å²) in [5.41, 5.74) is 8.92. The first-order valence-electron chi connectivity index (χ1n) is 5.59. The smallest absolute Gasteiger partial charge is 0.252 e. The summed E-state index contributed by atoms with van der Waals surface area (Å²) < 4.78 is 0. The van der Waals surface area contributed by atoms with Gasteiger partial charge in [0.25, 0.3) is 5.96 Å². The summed E-state index contributed by atoms with van der Waals surface area (Å²) >= 11 is 0. The van der Waals surface area contributed by atoms with Crippen LogP contribution >= 0.6 is 0 Å². The molecule has 1 aliphatic heterocycles. The van der Waals surface area contributed by atoms with E-state index in [1.165, 1.54) is 0 Å². The Morgan fingerprint density at radius 3 is 2.61 bits per heavy atom. The number of hydrogen-bond donors (Lipinski definition) is 3. The maximum atomic E-state index is 11.6. The van der Waals surface area contributed by atoms with Gasteiger partial charge in [0.05, 0.1) is 0 Å². The maximum Gasteiger partial charge on any atom is 0.252 e. The first-order chi connectivity index (χ1) is 8.74.